The molecule has 0 spiro atoms. The Kier molecular flexibility index (Phi) is 2.61. The van der Waals surface area contributed by atoms with Gasteiger partial charge in [-0.25, -0.2) is 4.98 Å². The van der Waals surface area contributed by atoms with Crippen LogP contribution in [0, 0.1) is 0 Å². The zero-order valence-corrected chi connectivity index (χ0v) is 7.65. The molecule has 1 atom stereocenters. The molecule has 1 saturated heterocycles. The summed E-state index contributed by atoms with van der Waals surface area (Å²) >= 11 is 0. The molecule has 13 heavy (non-hydrogen) atoms. The number of rotatable bonds is 3. The van der Waals surface area contributed by atoms with E-state index in [0.717, 1.165) is 25.3 Å². The second-order valence-corrected chi connectivity index (χ2v) is 3.38. The van der Waals surface area contributed by atoms with Gasteiger partial charge in [0, 0.05) is 19.3 Å². The molecule has 1 aliphatic heterocycles. The smallest absolute Gasteiger partial charge is 0.0949 e. The van der Waals surface area contributed by atoms with E-state index in [0.29, 0.717) is 12.6 Å². The molecule has 4 heteroatoms. The fourth-order valence-corrected chi connectivity index (χ4v) is 1.69. The lowest BCUT2D eigenvalue weighted by molar-refractivity contribution is 0.0963. The maximum atomic E-state index is 5.57. The highest BCUT2D eigenvalue weighted by molar-refractivity contribution is 4.97. The highest BCUT2D eigenvalue weighted by Crippen LogP contribution is 2.14. The van der Waals surface area contributed by atoms with E-state index in [9.17, 15) is 0 Å². The maximum Gasteiger partial charge on any atom is 0.0949 e. The van der Waals surface area contributed by atoms with Gasteiger partial charge in [0.05, 0.1) is 24.7 Å². The van der Waals surface area contributed by atoms with Gasteiger partial charge in [0.2, 0.25) is 0 Å². The van der Waals surface area contributed by atoms with Gasteiger partial charge >= 0.3 is 0 Å². The van der Waals surface area contributed by atoms with Crippen LogP contribution in [0.3, 0.4) is 0 Å². The molecular formula is C9H15N3O. The van der Waals surface area contributed by atoms with Gasteiger partial charge in [0.15, 0.2) is 0 Å². The SMILES string of the molecule is NCc1cncn1C[C@@H]1CCCO1. The van der Waals surface area contributed by atoms with Crippen molar-refractivity contribution in [3.05, 3.63) is 18.2 Å². The van der Waals surface area contributed by atoms with Gasteiger partial charge in [0.25, 0.3) is 0 Å². The molecule has 0 aliphatic carbocycles. The Morgan fingerprint density at radius 1 is 1.69 bits per heavy atom. The van der Waals surface area contributed by atoms with Crippen LogP contribution in [-0.4, -0.2) is 22.3 Å². The zero-order chi connectivity index (χ0) is 9.10. The van der Waals surface area contributed by atoms with Crippen LogP contribution in [0.5, 0.6) is 0 Å². The first-order chi connectivity index (χ1) is 6.40. The molecule has 1 aromatic rings. The van der Waals surface area contributed by atoms with Crippen molar-refractivity contribution >= 4 is 0 Å². The van der Waals surface area contributed by atoms with Crippen molar-refractivity contribution in [2.24, 2.45) is 5.73 Å². The van der Waals surface area contributed by atoms with E-state index >= 15 is 0 Å². The van der Waals surface area contributed by atoms with Crippen LogP contribution in [0.2, 0.25) is 0 Å². The summed E-state index contributed by atoms with van der Waals surface area (Å²) < 4.78 is 7.62. The second-order valence-electron chi connectivity index (χ2n) is 3.38. The molecule has 4 nitrogen and oxygen atoms in total. The molecule has 2 N–H and O–H groups in total. The van der Waals surface area contributed by atoms with E-state index in [4.69, 9.17) is 10.5 Å². The Balaban J connectivity index is 1.99. The number of nitrogens with two attached hydrogens (primary N) is 1. The van der Waals surface area contributed by atoms with Gasteiger partial charge in [0.1, 0.15) is 0 Å². The topological polar surface area (TPSA) is 53.1 Å². The van der Waals surface area contributed by atoms with Crippen LogP contribution in [-0.2, 0) is 17.8 Å². The summed E-state index contributed by atoms with van der Waals surface area (Å²) in [5.74, 6) is 0. The Labute approximate surface area is 77.7 Å². The van der Waals surface area contributed by atoms with Crippen LogP contribution in [0.1, 0.15) is 18.5 Å². The van der Waals surface area contributed by atoms with Crippen LogP contribution in [0.25, 0.3) is 0 Å². The van der Waals surface area contributed by atoms with E-state index in [2.05, 4.69) is 9.55 Å². The van der Waals surface area contributed by atoms with Crippen molar-refractivity contribution in [2.75, 3.05) is 6.61 Å². The molecule has 2 rings (SSSR count). The third kappa shape index (κ3) is 1.89. The molecule has 0 saturated carbocycles. The monoisotopic (exact) mass is 181 g/mol. The summed E-state index contributed by atoms with van der Waals surface area (Å²) in [5, 5.41) is 0. The minimum atomic E-state index is 0.361. The first-order valence-electron chi connectivity index (χ1n) is 4.71. The van der Waals surface area contributed by atoms with E-state index in [-0.39, 0.29) is 0 Å². The van der Waals surface area contributed by atoms with Crippen LogP contribution >= 0.6 is 0 Å². The van der Waals surface area contributed by atoms with Crippen molar-refractivity contribution in [3.63, 3.8) is 0 Å². The lowest BCUT2D eigenvalue weighted by atomic mass is 10.2. The summed E-state index contributed by atoms with van der Waals surface area (Å²) in [4.78, 5) is 4.06. The molecule has 0 bridgehead atoms. The largest absolute Gasteiger partial charge is 0.376 e. The Bertz CT molecular complexity index is 266. The fourth-order valence-electron chi connectivity index (χ4n) is 1.69. The molecule has 0 unspecified atom stereocenters. The van der Waals surface area contributed by atoms with Gasteiger partial charge in [-0.2, -0.15) is 0 Å². The van der Waals surface area contributed by atoms with Crippen molar-refractivity contribution in [2.45, 2.75) is 32.0 Å². The summed E-state index contributed by atoms with van der Waals surface area (Å²) in [6.45, 7) is 2.34. The number of hydrogen-bond acceptors (Lipinski definition) is 3. The second kappa shape index (κ2) is 3.89. The Morgan fingerprint density at radius 3 is 3.31 bits per heavy atom. The highest BCUT2D eigenvalue weighted by Gasteiger charge is 2.16. The minimum Gasteiger partial charge on any atom is -0.376 e. The number of ether oxygens (including phenoxy) is 1. The quantitative estimate of drug-likeness (QED) is 0.739. The van der Waals surface area contributed by atoms with Crippen molar-refractivity contribution in [1.82, 2.24) is 9.55 Å². The number of nitrogens with zero attached hydrogens (tertiary/aromatic N) is 2. The predicted molar refractivity (Wildman–Crippen MR) is 49.1 cm³/mol. The van der Waals surface area contributed by atoms with Crippen molar-refractivity contribution < 1.29 is 4.74 Å². The van der Waals surface area contributed by atoms with E-state index in [1.807, 2.05) is 12.5 Å². The molecular weight excluding hydrogens is 166 g/mol. The van der Waals surface area contributed by atoms with Gasteiger partial charge in [-0.1, -0.05) is 0 Å². The third-order valence-electron chi connectivity index (χ3n) is 2.43. The summed E-state index contributed by atoms with van der Waals surface area (Å²) in [5.41, 5.74) is 6.65. The molecule has 1 aliphatic rings. The predicted octanol–water partition coefficient (Wildman–Crippen LogP) is 0.521. The molecule has 0 radical (unpaired) electrons. The van der Waals surface area contributed by atoms with Crippen molar-refractivity contribution in [3.8, 4) is 0 Å². The lowest BCUT2D eigenvalue weighted by Gasteiger charge is -2.11. The average Bonchev–Trinajstić information content (AvgIpc) is 2.76. The summed E-state index contributed by atoms with van der Waals surface area (Å²) in [7, 11) is 0. The van der Waals surface area contributed by atoms with E-state index in [1.165, 1.54) is 6.42 Å². The first kappa shape index (κ1) is 8.72. The molecule has 0 aromatic carbocycles. The first-order valence-corrected chi connectivity index (χ1v) is 4.71. The molecule has 0 amide bonds. The number of aromatic nitrogens is 2. The van der Waals surface area contributed by atoms with Gasteiger partial charge in [-0.05, 0) is 12.8 Å². The highest BCUT2D eigenvalue weighted by atomic mass is 16.5. The molecule has 72 valence electrons. The van der Waals surface area contributed by atoms with Gasteiger partial charge in [-0.3, -0.25) is 0 Å². The Hall–Kier alpha value is -0.870. The van der Waals surface area contributed by atoms with Crippen LogP contribution in [0.4, 0.5) is 0 Å². The van der Waals surface area contributed by atoms with Gasteiger partial charge < -0.3 is 15.0 Å². The standard InChI is InChI=1S/C9H15N3O/c10-4-8-5-11-7-12(8)6-9-2-1-3-13-9/h5,7,9H,1-4,6,10H2/t9-/m0/s1. The number of imidazole rings is 1. The lowest BCUT2D eigenvalue weighted by Crippen LogP contribution is -2.17. The van der Waals surface area contributed by atoms with Crippen LogP contribution in [0.15, 0.2) is 12.5 Å². The summed E-state index contributed by atoms with van der Waals surface area (Å²) in [6, 6.07) is 0. The zero-order valence-electron chi connectivity index (χ0n) is 7.65. The maximum absolute atomic E-state index is 5.57. The molecule has 2 heterocycles. The minimum absolute atomic E-state index is 0.361. The summed E-state index contributed by atoms with van der Waals surface area (Å²) in [6.07, 6.45) is 6.33. The average molecular weight is 181 g/mol. The van der Waals surface area contributed by atoms with Crippen LogP contribution < -0.4 is 5.73 Å². The van der Waals surface area contributed by atoms with Crippen molar-refractivity contribution in [1.29, 1.82) is 0 Å². The molecule has 1 aromatic heterocycles. The normalized spacial score (nSPS) is 22.4. The number of hydrogen-bond donors (Lipinski definition) is 1. The fraction of sp³-hybridized carbons (Fsp3) is 0.667. The Morgan fingerprint density at radius 2 is 2.62 bits per heavy atom. The van der Waals surface area contributed by atoms with Gasteiger partial charge in [-0.15, -0.1) is 0 Å². The molecule has 1 fully saturated rings. The third-order valence-corrected chi connectivity index (χ3v) is 2.43. The van der Waals surface area contributed by atoms with E-state index < -0.39 is 0 Å². The van der Waals surface area contributed by atoms with E-state index in [1.54, 1.807) is 0 Å².